The van der Waals surface area contributed by atoms with Gasteiger partial charge in [0, 0.05) is 30.7 Å². The van der Waals surface area contributed by atoms with Gasteiger partial charge in [0.15, 0.2) is 0 Å². The van der Waals surface area contributed by atoms with E-state index in [0.717, 1.165) is 6.20 Å². The van der Waals surface area contributed by atoms with Gasteiger partial charge in [-0.1, -0.05) is 14.0 Å². The molecule has 4 rings (SSSR count). The molecule has 4 heterocycles. The number of hydrogen-bond acceptors (Lipinski definition) is 13. The molecule has 3 aliphatic heterocycles. The van der Waals surface area contributed by atoms with Crippen LogP contribution in [0.1, 0.15) is 19.1 Å². The highest BCUT2D eigenvalue weighted by Gasteiger charge is 2.47. The van der Waals surface area contributed by atoms with E-state index >= 15 is 0 Å². The fraction of sp³-hybridized carbons (Fsp3) is 0.571. The van der Waals surface area contributed by atoms with E-state index in [4.69, 9.17) is 29.0 Å². The van der Waals surface area contributed by atoms with Crippen LogP contribution < -0.4 is 16.6 Å². The molecule has 0 aromatic carbocycles. The van der Waals surface area contributed by atoms with Crippen LogP contribution in [0.25, 0.3) is 0 Å². The molecule has 0 bridgehead atoms. The minimum absolute atomic E-state index is 0. The van der Waals surface area contributed by atoms with Crippen LogP contribution in [0.4, 0.5) is 4.79 Å². The van der Waals surface area contributed by atoms with E-state index in [0.29, 0.717) is 5.57 Å². The molecule has 0 radical (unpaired) electrons. The second-order valence-electron chi connectivity index (χ2n) is 9.36. The number of carbonyl (C=O) groups excluding carboxylic acids is 1. The zero-order valence-electron chi connectivity index (χ0n) is 22.0. The van der Waals surface area contributed by atoms with E-state index < -0.39 is 95.0 Å². The van der Waals surface area contributed by atoms with Gasteiger partial charge in [0.05, 0.1) is 18.8 Å². The van der Waals surface area contributed by atoms with Crippen LogP contribution in [-0.2, 0) is 27.7 Å². The Morgan fingerprint density at radius 1 is 0.886 bits per heavy atom. The Balaban J connectivity index is 0.000000300. The molecule has 1 aromatic rings. The predicted molar refractivity (Wildman–Crippen MR) is 144 cm³/mol. The van der Waals surface area contributed by atoms with Crippen LogP contribution in [0, 0.1) is 0 Å². The lowest BCUT2D eigenvalue weighted by Gasteiger charge is -2.28. The number of amides is 2. The number of nitrogens with one attached hydrogen (secondary N) is 3. The van der Waals surface area contributed by atoms with Crippen molar-refractivity contribution in [1.82, 2.24) is 20.2 Å². The third kappa shape index (κ3) is 9.46. The molecule has 2 amide bonds. The van der Waals surface area contributed by atoms with Crippen LogP contribution in [0.2, 0.25) is 0 Å². The fourth-order valence-electron chi connectivity index (χ4n) is 4.14. The highest BCUT2D eigenvalue weighted by atomic mass is 31.2. The smallest absolute Gasteiger partial charge is 0.387 e. The molecule has 2 saturated heterocycles. The van der Waals surface area contributed by atoms with Crippen molar-refractivity contribution in [3.63, 3.8) is 0 Å². The Bertz CT molecular complexity index is 1440. The average Bonchev–Trinajstić information content (AvgIpc) is 3.33. The number of phosphoric ester groups is 2. The van der Waals surface area contributed by atoms with Crippen LogP contribution in [0.5, 0.6) is 0 Å². The van der Waals surface area contributed by atoms with Crippen LogP contribution >= 0.6 is 15.6 Å². The van der Waals surface area contributed by atoms with Gasteiger partial charge < -0.3 is 64.7 Å². The van der Waals surface area contributed by atoms with Gasteiger partial charge >= 0.3 is 27.4 Å². The molecule has 0 saturated carbocycles. The highest BCUT2D eigenvalue weighted by Crippen LogP contribution is 2.39. The van der Waals surface area contributed by atoms with Crippen LogP contribution in [0.15, 0.2) is 39.8 Å². The lowest BCUT2D eigenvalue weighted by Crippen LogP contribution is -2.42. The maximum absolute atomic E-state index is 11.6. The van der Waals surface area contributed by atoms with Gasteiger partial charge in [-0.2, -0.15) is 0 Å². The Morgan fingerprint density at radius 3 is 1.84 bits per heavy atom. The molecule has 1 aromatic heterocycles. The lowest BCUT2D eigenvalue weighted by molar-refractivity contribution is -0.0228. The number of aliphatic hydroxyl groups is 4. The maximum atomic E-state index is 11.6. The average molecular weight is 676 g/mol. The topological polar surface area (TPSA) is 331 Å². The molecule has 11 N–H and O–H groups in total. The van der Waals surface area contributed by atoms with Gasteiger partial charge in [-0.05, 0) is 0 Å². The highest BCUT2D eigenvalue weighted by molar-refractivity contribution is 7.46. The molecular formula is C21H34N4O17P2. The number of aromatic amines is 2. The second kappa shape index (κ2) is 14.7. The van der Waals surface area contributed by atoms with Crippen molar-refractivity contribution in [1.29, 1.82) is 0 Å². The first-order chi connectivity index (χ1) is 19.8. The number of aliphatic hydroxyl groups excluding tert-OH is 4. The largest absolute Gasteiger partial charge is 0.469 e. The summed E-state index contributed by atoms with van der Waals surface area (Å²) in [5.74, 6) is 0. The standard InChI is InChI=1S/C11H17N2O8P.C9H13N2O9P.CH4/c1-5-6(3-13(2)11(16)12-5)10-9(15)8(14)7(21-10)4-20-22(17,18)19;12-5-4(2-19-21(16,17)18)20-7(6(5)13)3-1-10-9(15)11-8(3)14;/h3,7-10,14-15H,1,4H2,2H3,(H,12,16)(H2,17,18,19);1,4-7,12-13H,2H2,(H2,16,17,18)(H2,10,11,14,15);1H4. The maximum Gasteiger partial charge on any atom is 0.469 e. The van der Waals surface area contributed by atoms with Crippen molar-refractivity contribution >= 4 is 21.7 Å². The van der Waals surface area contributed by atoms with Crippen molar-refractivity contribution in [2.75, 3.05) is 20.3 Å². The molecule has 3 aliphatic rings. The number of phosphoric acid groups is 2. The quantitative estimate of drug-likeness (QED) is 0.120. The van der Waals surface area contributed by atoms with Gasteiger partial charge in [0.1, 0.15) is 48.8 Å². The number of ether oxygens (including phenoxy) is 2. The Morgan fingerprint density at radius 2 is 1.36 bits per heavy atom. The normalized spacial score (nSPS) is 30.7. The molecule has 8 unspecified atom stereocenters. The van der Waals surface area contributed by atoms with Gasteiger partial charge in [0.2, 0.25) is 0 Å². The molecule has 0 aliphatic carbocycles. The monoisotopic (exact) mass is 676 g/mol. The van der Waals surface area contributed by atoms with E-state index in [1.54, 1.807) is 0 Å². The first kappa shape index (κ1) is 37.6. The number of hydrogen-bond donors (Lipinski definition) is 11. The third-order valence-corrected chi connectivity index (χ3v) is 7.23. The molecular weight excluding hydrogens is 642 g/mol. The fourth-order valence-corrected chi connectivity index (χ4v) is 4.82. The molecule has 2 fully saturated rings. The third-order valence-electron chi connectivity index (χ3n) is 6.26. The summed E-state index contributed by atoms with van der Waals surface area (Å²) < 4.78 is 40.3. The van der Waals surface area contributed by atoms with Crippen molar-refractivity contribution in [2.24, 2.45) is 0 Å². The first-order valence-corrected chi connectivity index (χ1v) is 15.0. The zero-order chi connectivity index (χ0) is 32.4. The molecule has 21 nitrogen and oxygen atoms in total. The molecule has 8 atom stereocenters. The Kier molecular flexibility index (Phi) is 12.5. The summed E-state index contributed by atoms with van der Waals surface area (Å²) >= 11 is 0. The van der Waals surface area contributed by atoms with Gasteiger partial charge in [0.25, 0.3) is 5.56 Å². The predicted octanol–water partition coefficient (Wildman–Crippen LogP) is -3.39. The van der Waals surface area contributed by atoms with Gasteiger partial charge in [-0.3, -0.25) is 18.8 Å². The number of aromatic nitrogens is 2. The number of carbonyl (C=O) groups is 1. The summed E-state index contributed by atoms with van der Waals surface area (Å²) in [6, 6.07) is -0.414. The van der Waals surface area contributed by atoms with E-state index in [9.17, 15) is 43.9 Å². The SMILES string of the molecule is C.C=C1NC(=O)N(C)C=C1C1OC(COP(=O)(O)O)C(O)C1O.O=c1[nH]cc(C2OC(COP(=O)(O)O)C(O)C2O)c(=O)[nH]1. The first-order valence-electron chi connectivity index (χ1n) is 12.0. The second-order valence-corrected chi connectivity index (χ2v) is 11.8. The van der Waals surface area contributed by atoms with E-state index in [2.05, 4.69) is 25.9 Å². The summed E-state index contributed by atoms with van der Waals surface area (Å²) in [6.45, 7) is 2.36. The summed E-state index contributed by atoms with van der Waals surface area (Å²) in [5.41, 5.74) is -1.16. The van der Waals surface area contributed by atoms with Crippen molar-refractivity contribution in [3.8, 4) is 0 Å². The summed E-state index contributed by atoms with van der Waals surface area (Å²) in [5, 5.41) is 42.0. The zero-order valence-corrected chi connectivity index (χ0v) is 23.8. The summed E-state index contributed by atoms with van der Waals surface area (Å²) in [7, 11) is -8.00. The van der Waals surface area contributed by atoms with Gasteiger partial charge in [-0.25, -0.2) is 18.7 Å². The molecule has 250 valence electrons. The minimum atomic E-state index is -4.76. The summed E-state index contributed by atoms with van der Waals surface area (Å²) in [4.78, 5) is 73.8. The number of rotatable bonds is 8. The van der Waals surface area contributed by atoms with Crippen molar-refractivity contribution in [3.05, 3.63) is 56.6 Å². The minimum Gasteiger partial charge on any atom is -0.387 e. The molecule has 44 heavy (non-hydrogen) atoms. The Labute approximate surface area is 247 Å². The Hall–Kier alpha value is -2.59. The van der Waals surface area contributed by atoms with Gasteiger partial charge in [-0.15, -0.1) is 0 Å². The lowest BCUT2D eigenvalue weighted by atomic mass is 9.99. The van der Waals surface area contributed by atoms with E-state index in [1.165, 1.54) is 18.1 Å². The van der Waals surface area contributed by atoms with Crippen LogP contribution in [-0.4, -0.2) is 124 Å². The van der Waals surface area contributed by atoms with Crippen molar-refractivity contribution in [2.45, 2.75) is 56.3 Å². The summed E-state index contributed by atoms with van der Waals surface area (Å²) in [6.07, 6.45) is -8.07. The number of nitrogens with zero attached hydrogens (tertiary/aromatic N) is 1. The van der Waals surface area contributed by atoms with E-state index in [-0.39, 0.29) is 18.7 Å². The van der Waals surface area contributed by atoms with Crippen molar-refractivity contribution < 1.29 is 72.4 Å². The number of H-pyrrole nitrogens is 2. The molecule has 0 spiro atoms. The molecule has 23 heteroatoms. The van der Waals surface area contributed by atoms with Crippen LogP contribution in [0.3, 0.4) is 0 Å². The van der Waals surface area contributed by atoms with E-state index in [1.807, 2.05) is 4.98 Å². The number of urea groups is 1.